The fraction of sp³-hybridized carbons (Fsp3) is 0.929. The highest BCUT2D eigenvalue weighted by molar-refractivity contribution is 5.85. The van der Waals surface area contributed by atoms with Crippen LogP contribution >= 0.6 is 12.4 Å². The Morgan fingerprint density at radius 1 is 1.33 bits per heavy atom. The fourth-order valence-electron chi connectivity index (χ4n) is 2.57. The highest BCUT2D eigenvalue weighted by atomic mass is 35.5. The third kappa shape index (κ3) is 6.05. The molecule has 1 aliphatic carbocycles. The zero-order valence-corrected chi connectivity index (χ0v) is 12.7. The molecule has 0 aromatic rings. The summed E-state index contributed by atoms with van der Waals surface area (Å²) in [7, 11) is 1.94. The molecule has 0 bridgehead atoms. The normalized spacial score (nSPS) is 17.9. The maximum Gasteiger partial charge on any atom is 0.225 e. The number of rotatable bonds is 6. The van der Waals surface area contributed by atoms with Gasteiger partial charge in [-0.25, -0.2) is 0 Å². The molecule has 1 saturated carbocycles. The van der Waals surface area contributed by atoms with Crippen molar-refractivity contribution in [3.63, 3.8) is 0 Å². The summed E-state index contributed by atoms with van der Waals surface area (Å²) in [5, 5.41) is 0. The monoisotopic (exact) mass is 276 g/mol. The van der Waals surface area contributed by atoms with Gasteiger partial charge in [-0.1, -0.05) is 26.2 Å². The molecule has 1 aliphatic rings. The Bertz CT molecular complexity index is 230. The minimum absolute atomic E-state index is 0. The zero-order chi connectivity index (χ0) is 12.7. The quantitative estimate of drug-likeness (QED) is 0.811. The van der Waals surface area contributed by atoms with Crippen LogP contribution in [0.1, 0.15) is 58.3 Å². The second-order valence-electron chi connectivity index (χ2n) is 5.41. The molecule has 0 aromatic carbocycles. The average Bonchev–Trinajstić information content (AvgIpc) is 2.38. The summed E-state index contributed by atoms with van der Waals surface area (Å²) in [4.78, 5) is 14.1. The summed E-state index contributed by atoms with van der Waals surface area (Å²) >= 11 is 0. The van der Waals surface area contributed by atoms with Crippen molar-refractivity contribution < 1.29 is 4.79 Å². The molecule has 0 spiro atoms. The summed E-state index contributed by atoms with van der Waals surface area (Å²) in [5.74, 6) is 0.656. The van der Waals surface area contributed by atoms with Gasteiger partial charge in [0, 0.05) is 25.6 Å². The van der Waals surface area contributed by atoms with Crippen molar-refractivity contribution in [1.82, 2.24) is 4.90 Å². The number of amides is 1. The van der Waals surface area contributed by atoms with Gasteiger partial charge in [-0.05, 0) is 32.1 Å². The van der Waals surface area contributed by atoms with Crippen LogP contribution in [0.2, 0.25) is 0 Å². The third-order valence-electron chi connectivity index (χ3n) is 3.92. The lowest BCUT2D eigenvalue weighted by molar-refractivity contribution is -0.135. The molecule has 2 N–H and O–H groups in total. The number of hydrogen-bond acceptors (Lipinski definition) is 2. The molecule has 0 heterocycles. The summed E-state index contributed by atoms with van der Waals surface area (Å²) in [6, 6.07) is 0.299. The van der Waals surface area contributed by atoms with Crippen molar-refractivity contribution in [2.24, 2.45) is 11.7 Å². The Hall–Kier alpha value is -0.280. The molecule has 0 aliphatic heterocycles. The van der Waals surface area contributed by atoms with Crippen molar-refractivity contribution in [2.45, 2.75) is 64.3 Å². The van der Waals surface area contributed by atoms with E-state index in [4.69, 9.17) is 5.73 Å². The molecule has 1 amide bonds. The summed E-state index contributed by atoms with van der Waals surface area (Å²) < 4.78 is 0. The van der Waals surface area contributed by atoms with E-state index < -0.39 is 0 Å². The van der Waals surface area contributed by atoms with Crippen LogP contribution in [0.15, 0.2) is 0 Å². The summed E-state index contributed by atoms with van der Waals surface area (Å²) in [6.07, 6.45) is 9.03. The second kappa shape index (κ2) is 9.62. The number of nitrogens with two attached hydrogens (primary N) is 1. The van der Waals surface area contributed by atoms with E-state index >= 15 is 0 Å². The molecule has 4 heteroatoms. The molecule has 0 aromatic heterocycles. The smallest absolute Gasteiger partial charge is 0.225 e. The Balaban J connectivity index is 0.00000289. The van der Waals surface area contributed by atoms with E-state index in [1.807, 2.05) is 11.9 Å². The third-order valence-corrected chi connectivity index (χ3v) is 3.92. The van der Waals surface area contributed by atoms with Gasteiger partial charge >= 0.3 is 0 Å². The van der Waals surface area contributed by atoms with E-state index in [-0.39, 0.29) is 12.4 Å². The van der Waals surface area contributed by atoms with Gasteiger partial charge in [0.25, 0.3) is 0 Å². The van der Waals surface area contributed by atoms with Gasteiger partial charge in [0.1, 0.15) is 0 Å². The highest BCUT2D eigenvalue weighted by Gasteiger charge is 2.23. The van der Waals surface area contributed by atoms with Gasteiger partial charge in [-0.15, -0.1) is 12.4 Å². The fourth-order valence-corrected chi connectivity index (χ4v) is 2.57. The first kappa shape index (κ1) is 17.7. The molecule has 1 unspecified atom stereocenters. The van der Waals surface area contributed by atoms with Crippen LogP contribution in [-0.4, -0.2) is 30.4 Å². The van der Waals surface area contributed by atoms with Crippen LogP contribution in [0.3, 0.4) is 0 Å². The maximum absolute atomic E-state index is 12.1. The number of carbonyl (C=O) groups excluding carboxylic acids is 1. The van der Waals surface area contributed by atoms with Crippen LogP contribution in [0.5, 0.6) is 0 Å². The number of hydrogen-bond donors (Lipinski definition) is 1. The lowest BCUT2D eigenvalue weighted by Gasteiger charge is -2.26. The zero-order valence-electron chi connectivity index (χ0n) is 11.9. The van der Waals surface area contributed by atoms with E-state index in [0.717, 1.165) is 38.6 Å². The Kier molecular flexibility index (Phi) is 9.47. The standard InChI is InChI=1S/C14H28N2O.ClH/c1-3-13(15)10-7-11-16(2)14(17)12-8-5-4-6-9-12;/h12-13H,3-11,15H2,1-2H3;1H. The van der Waals surface area contributed by atoms with Gasteiger partial charge in [-0.3, -0.25) is 4.79 Å². The van der Waals surface area contributed by atoms with E-state index in [1.165, 1.54) is 19.3 Å². The maximum atomic E-state index is 12.1. The molecule has 0 radical (unpaired) electrons. The van der Waals surface area contributed by atoms with Crippen LogP contribution < -0.4 is 5.73 Å². The van der Waals surface area contributed by atoms with Gasteiger partial charge in [-0.2, -0.15) is 0 Å². The topological polar surface area (TPSA) is 46.3 Å². The number of carbonyl (C=O) groups is 1. The van der Waals surface area contributed by atoms with Crippen molar-refractivity contribution in [3.05, 3.63) is 0 Å². The SMILES string of the molecule is CCC(N)CCCN(C)C(=O)C1CCCCC1.Cl. The van der Waals surface area contributed by atoms with Crippen molar-refractivity contribution in [1.29, 1.82) is 0 Å². The summed E-state index contributed by atoms with van der Waals surface area (Å²) in [6.45, 7) is 2.98. The number of halogens is 1. The minimum atomic E-state index is 0. The number of nitrogens with zero attached hydrogens (tertiary/aromatic N) is 1. The first-order valence-corrected chi connectivity index (χ1v) is 7.15. The predicted octanol–water partition coefficient (Wildman–Crippen LogP) is 2.96. The van der Waals surface area contributed by atoms with E-state index in [0.29, 0.717) is 17.9 Å². The lowest BCUT2D eigenvalue weighted by atomic mass is 9.88. The van der Waals surface area contributed by atoms with Gasteiger partial charge < -0.3 is 10.6 Å². The van der Waals surface area contributed by atoms with Crippen LogP contribution in [0, 0.1) is 5.92 Å². The Labute approximate surface area is 118 Å². The van der Waals surface area contributed by atoms with E-state index in [2.05, 4.69) is 6.92 Å². The molecule has 1 fully saturated rings. The molecular formula is C14H29ClN2O. The molecule has 18 heavy (non-hydrogen) atoms. The van der Waals surface area contributed by atoms with Gasteiger partial charge in [0.05, 0.1) is 0 Å². The molecule has 3 nitrogen and oxygen atoms in total. The van der Waals surface area contributed by atoms with Gasteiger partial charge in [0.2, 0.25) is 5.91 Å². The molecule has 0 saturated heterocycles. The molecule has 1 atom stereocenters. The van der Waals surface area contributed by atoms with Crippen LogP contribution in [0.4, 0.5) is 0 Å². The van der Waals surface area contributed by atoms with E-state index in [9.17, 15) is 4.79 Å². The largest absolute Gasteiger partial charge is 0.346 e. The minimum Gasteiger partial charge on any atom is -0.346 e. The highest BCUT2D eigenvalue weighted by Crippen LogP contribution is 2.25. The first-order chi connectivity index (χ1) is 8.15. The van der Waals surface area contributed by atoms with E-state index in [1.54, 1.807) is 0 Å². The molecule has 1 rings (SSSR count). The molecule has 108 valence electrons. The van der Waals surface area contributed by atoms with Crippen molar-refractivity contribution in [2.75, 3.05) is 13.6 Å². The average molecular weight is 277 g/mol. The van der Waals surface area contributed by atoms with Crippen LogP contribution in [0.25, 0.3) is 0 Å². The van der Waals surface area contributed by atoms with Crippen LogP contribution in [-0.2, 0) is 4.79 Å². The second-order valence-corrected chi connectivity index (χ2v) is 5.41. The van der Waals surface area contributed by atoms with Gasteiger partial charge in [0.15, 0.2) is 0 Å². The Morgan fingerprint density at radius 3 is 2.50 bits per heavy atom. The van der Waals surface area contributed by atoms with Crippen molar-refractivity contribution in [3.8, 4) is 0 Å². The first-order valence-electron chi connectivity index (χ1n) is 7.15. The van der Waals surface area contributed by atoms with Crippen molar-refractivity contribution >= 4 is 18.3 Å². The molecular weight excluding hydrogens is 248 g/mol. The summed E-state index contributed by atoms with van der Waals surface area (Å²) in [5.41, 5.74) is 5.87. The predicted molar refractivity (Wildman–Crippen MR) is 79.0 cm³/mol. The Morgan fingerprint density at radius 2 is 1.94 bits per heavy atom. The lowest BCUT2D eigenvalue weighted by Crippen LogP contribution is -2.35.